The van der Waals surface area contributed by atoms with Gasteiger partial charge in [-0.2, -0.15) is 0 Å². The molecule has 1 aliphatic heterocycles. The van der Waals surface area contributed by atoms with E-state index in [2.05, 4.69) is 22.5 Å². The lowest BCUT2D eigenvalue weighted by Crippen LogP contribution is -2.61. The molecule has 0 radical (unpaired) electrons. The molecule has 0 aromatic carbocycles. The zero-order valence-corrected chi connectivity index (χ0v) is 11.9. The minimum Gasteiger partial charge on any atom is -0.314 e. The zero-order chi connectivity index (χ0) is 13.8. The molecule has 5 heteroatoms. The molecule has 5 nitrogen and oxygen atoms in total. The van der Waals surface area contributed by atoms with Gasteiger partial charge in [-0.25, -0.2) is 0 Å². The molecule has 1 atom stereocenters. The fourth-order valence-electron chi connectivity index (χ4n) is 3.39. The third-order valence-electron chi connectivity index (χ3n) is 4.34. The molecule has 0 aromatic heterocycles. The molecule has 0 spiro atoms. The Hall–Kier alpha value is -0.940. The second kappa shape index (κ2) is 6.48. The highest BCUT2D eigenvalue weighted by Gasteiger charge is 2.37. The summed E-state index contributed by atoms with van der Waals surface area (Å²) in [5.74, 6) is -0.268. The summed E-state index contributed by atoms with van der Waals surface area (Å²) in [5.41, 5.74) is 0. The number of carbonyl (C=O) groups is 2. The van der Waals surface area contributed by atoms with Crippen LogP contribution < -0.4 is 10.6 Å². The van der Waals surface area contributed by atoms with Gasteiger partial charge in [-0.15, -0.1) is 0 Å². The average molecular weight is 267 g/mol. The van der Waals surface area contributed by atoms with E-state index in [0.717, 1.165) is 38.6 Å². The minimum atomic E-state index is -0.150. The lowest BCUT2D eigenvalue weighted by molar-refractivity contribution is -0.142. The summed E-state index contributed by atoms with van der Waals surface area (Å²) >= 11 is 0. The van der Waals surface area contributed by atoms with E-state index in [9.17, 15) is 9.59 Å². The number of nitrogens with zero attached hydrogens (tertiary/aromatic N) is 1. The molecule has 2 N–H and O–H groups in total. The Balaban J connectivity index is 1.96. The summed E-state index contributed by atoms with van der Waals surface area (Å²) in [6.07, 6.45) is 5.21. The number of piperazine rings is 1. The number of nitrogens with one attached hydrogen (secondary N) is 2. The predicted octanol–water partition coefficient (Wildman–Crippen LogP) is 0.644. The first-order chi connectivity index (χ1) is 9.15. The SMILES string of the molecule is CCNC1CCC(N2CC(=O)NC(=O)C2CC)CC1. The van der Waals surface area contributed by atoms with Gasteiger partial charge in [0.25, 0.3) is 0 Å². The largest absolute Gasteiger partial charge is 0.314 e. The van der Waals surface area contributed by atoms with Crippen molar-refractivity contribution in [1.82, 2.24) is 15.5 Å². The first-order valence-electron chi connectivity index (χ1n) is 7.48. The zero-order valence-electron chi connectivity index (χ0n) is 11.9. The Morgan fingerprint density at radius 3 is 2.47 bits per heavy atom. The molecule has 1 saturated carbocycles. The maximum Gasteiger partial charge on any atom is 0.243 e. The third kappa shape index (κ3) is 3.34. The maximum atomic E-state index is 11.9. The normalized spacial score (nSPS) is 33.3. The van der Waals surface area contributed by atoms with Crippen molar-refractivity contribution in [2.24, 2.45) is 0 Å². The summed E-state index contributed by atoms with van der Waals surface area (Å²) in [7, 11) is 0. The van der Waals surface area contributed by atoms with E-state index < -0.39 is 0 Å². The summed E-state index contributed by atoms with van der Waals surface area (Å²) in [4.78, 5) is 25.6. The fraction of sp³-hybridized carbons (Fsp3) is 0.857. The van der Waals surface area contributed by atoms with Crippen LogP contribution in [0.25, 0.3) is 0 Å². The summed E-state index contributed by atoms with van der Waals surface area (Å²) in [6, 6.07) is 0.865. The number of hydrogen-bond acceptors (Lipinski definition) is 4. The third-order valence-corrected chi connectivity index (χ3v) is 4.34. The van der Waals surface area contributed by atoms with Crippen LogP contribution in [-0.2, 0) is 9.59 Å². The Morgan fingerprint density at radius 2 is 1.89 bits per heavy atom. The molecule has 0 aromatic rings. The second-order valence-corrected chi connectivity index (χ2v) is 5.57. The van der Waals surface area contributed by atoms with E-state index in [0.29, 0.717) is 18.6 Å². The van der Waals surface area contributed by atoms with Crippen molar-refractivity contribution < 1.29 is 9.59 Å². The monoisotopic (exact) mass is 267 g/mol. The lowest BCUT2D eigenvalue weighted by Gasteiger charge is -2.42. The Bertz CT molecular complexity index is 338. The van der Waals surface area contributed by atoms with Gasteiger partial charge in [-0.1, -0.05) is 13.8 Å². The van der Waals surface area contributed by atoms with Gasteiger partial charge in [0.05, 0.1) is 12.6 Å². The van der Waals surface area contributed by atoms with Crippen molar-refractivity contribution in [3.63, 3.8) is 0 Å². The van der Waals surface area contributed by atoms with Crippen molar-refractivity contribution in [3.8, 4) is 0 Å². The van der Waals surface area contributed by atoms with E-state index in [1.807, 2.05) is 6.92 Å². The summed E-state index contributed by atoms with van der Waals surface area (Å²) in [6.45, 7) is 5.53. The Morgan fingerprint density at radius 1 is 1.21 bits per heavy atom. The fourth-order valence-corrected chi connectivity index (χ4v) is 3.39. The van der Waals surface area contributed by atoms with Crippen LogP contribution in [-0.4, -0.2) is 47.9 Å². The number of carbonyl (C=O) groups excluding carboxylic acids is 2. The first-order valence-corrected chi connectivity index (χ1v) is 7.48. The molecule has 0 bridgehead atoms. The number of hydrogen-bond donors (Lipinski definition) is 2. The summed E-state index contributed by atoms with van der Waals surface area (Å²) in [5, 5.41) is 5.93. The molecule has 1 unspecified atom stereocenters. The minimum absolute atomic E-state index is 0.118. The molecule has 1 heterocycles. The highest BCUT2D eigenvalue weighted by atomic mass is 16.2. The molecule has 1 saturated heterocycles. The molecule has 2 aliphatic rings. The first kappa shape index (κ1) is 14.5. The van der Waals surface area contributed by atoms with Gasteiger partial charge >= 0.3 is 0 Å². The van der Waals surface area contributed by atoms with Crippen LogP contribution in [0.3, 0.4) is 0 Å². The maximum absolute atomic E-state index is 11.9. The Labute approximate surface area is 115 Å². The van der Waals surface area contributed by atoms with Gasteiger partial charge in [0.2, 0.25) is 11.8 Å². The van der Waals surface area contributed by atoms with Crippen LogP contribution in [0, 0.1) is 0 Å². The Kier molecular flexibility index (Phi) is 4.93. The van der Waals surface area contributed by atoms with Crippen LogP contribution >= 0.6 is 0 Å². The highest BCUT2D eigenvalue weighted by molar-refractivity contribution is 6.01. The molecule has 2 rings (SSSR count). The van der Waals surface area contributed by atoms with Crippen molar-refractivity contribution in [2.75, 3.05) is 13.1 Å². The van der Waals surface area contributed by atoms with E-state index in [4.69, 9.17) is 0 Å². The van der Waals surface area contributed by atoms with Crippen molar-refractivity contribution >= 4 is 11.8 Å². The van der Waals surface area contributed by atoms with Gasteiger partial charge in [-0.05, 0) is 38.6 Å². The van der Waals surface area contributed by atoms with Gasteiger partial charge in [-0.3, -0.25) is 19.8 Å². The molecule has 108 valence electrons. The molecule has 2 amide bonds. The summed E-state index contributed by atoms with van der Waals surface area (Å²) < 4.78 is 0. The molecule has 2 fully saturated rings. The van der Waals surface area contributed by atoms with Crippen LogP contribution in [0.5, 0.6) is 0 Å². The van der Waals surface area contributed by atoms with Crippen molar-refractivity contribution in [3.05, 3.63) is 0 Å². The van der Waals surface area contributed by atoms with Gasteiger partial charge < -0.3 is 5.32 Å². The van der Waals surface area contributed by atoms with Crippen molar-refractivity contribution in [1.29, 1.82) is 0 Å². The quantitative estimate of drug-likeness (QED) is 0.734. The van der Waals surface area contributed by atoms with Gasteiger partial charge in [0.1, 0.15) is 0 Å². The molecule has 1 aliphatic carbocycles. The smallest absolute Gasteiger partial charge is 0.243 e. The number of rotatable bonds is 4. The van der Waals surface area contributed by atoms with Gasteiger partial charge in [0, 0.05) is 12.1 Å². The average Bonchev–Trinajstić information content (AvgIpc) is 2.39. The van der Waals surface area contributed by atoms with Crippen LogP contribution in [0.2, 0.25) is 0 Å². The molecular weight excluding hydrogens is 242 g/mol. The van der Waals surface area contributed by atoms with E-state index >= 15 is 0 Å². The highest BCUT2D eigenvalue weighted by Crippen LogP contribution is 2.26. The van der Waals surface area contributed by atoms with E-state index in [1.165, 1.54) is 0 Å². The van der Waals surface area contributed by atoms with Gasteiger partial charge in [0.15, 0.2) is 0 Å². The van der Waals surface area contributed by atoms with Crippen molar-refractivity contribution in [2.45, 2.75) is 64.1 Å². The number of amides is 2. The predicted molar refractivity (Wildman–Crippen MR) is 73.7 cm³/mol. The topological polar surface area (TPSA) is 61.4 Å². The van der Waals surface area contributed by atoms with Crippen LogP contribution in [0.15, 0.2) is 0 Å². The van der Waals surface area contributed by atoms with E-state index in [-0.39, 0.29) is 17.9 Å². The standard InChI is InChI=1S/C14H25N3O2/c1-3-12-14(19)16-13(18)9-17(12)11-7-5-10(6-8-11)15-4-2/h10-12,15H,3-9H2,1-2H3,(H,16,18,19). The van der Waals surface area contributed by atoms with Crippen LogP contribution in [0.4, 0.5) is 0 Å². The van der Waals surface area contributed by atoms with Crippen LogP contribution in [0.1, 0.15) is 46.0 Å². The number of imide groups is 1. The second-order valence-electron chi connectivity index (χ2n) is 5.57. The molecular formula is C14H25N3O2. The molecule has 19 heavy (non-hydrogen) atoms. The van der Waals surface area contributed by atoms with E-state index in [1.54, 1.807) is 0 Å². The lowest BCUT2D eigenvalue weighted by atomic mass is 9.88.